The second-order valence-corrected chi connectivity index (χ2v) is 4.99. The summed E-state index contributed by atoms with van der Waals surface area (Å²) in [5.41, 5.74) is -0.0197. The number of allylic oxidation sites excluding steroid dienone is 1. The second kappa shape index (κ2) is 6.19. The first-order chi connectivity index (χ1) is 9.22. The Kier molecular flexibility index (Phi) is 4.35. The van der Waals surface area contributed by atoms with Crippen molar-refractivity contribution in [1.29, 1.82) is 10.5 Å². The minimum Gasteiger partial charge on any atom is -0.449 e. The van der Waals surface area contributed by atoms with Crippen molar-refractivity contribution >= 4 is 33.8 Å². The van der Waals surface area contributed by atoms with E-state index < -0.39 is 0 Å². The summed E-state index contributed by atoms with van der Waals surface area (Å²) in [6.07, 6.45) is 4.65. The van der Waals surface area contributed by atoms with Crippen molar-refractivity contribution < 1.29 is 4.42 Å². The van der Waals surface area contributed by atoms with Gasteiger partial charge in [0.25, 0.3) is 0 Å². The van der Waals surface area contributed by atoms with Crippen LogP contribution in [0.2, 0.25) is 0 Å². The highest BCUT2D eigenvalue weighted by Gasteiger charge is 2.11. The van der Waals surface area contributed by atoms with Gasteiger partial charge in [-0.05, 0) is 39.8 Å². The van der Waals surface area contributed by atoms with E-state index in [1.807, 2.05) is 0 Å². The zero-order valence-electron chi connectivity index (χ0n) is 9.37. The minimum absolute atomic E-state index is 0.0197. The number of nitrogens with zero attached hydrogens (tertiary/aromatic N) is 4. The van der Waals surface area contributed by atoms with Gasteiger partial charge in [-0.15, -0.1) is 0 Å². The van der Waals surface area contributed by atoms with Crippen molar-refractivity contribution in [2.75, 3.05) is 0 Å². The highest BCUT2D eigenvalue weighted by molar-refractivity contribution is 9.10. The number of rotatable bonds is 3. The summed E-state index contributed by atoms with van der Waals surface area (Å²) in [6.45, 7) is 0. The molecule has 0 saturated carbocycles. The standard InChI is InChI=1S/C12H5BrN4OS/c13-10-5-9(4-8(6-14)7-15)18-11(10)19-12-16-2-1-3-17-12/h1-5H. The van der Waals surface area contributed by atoms with E-state index in [2.05, 4.69) is 25.9 Å². The van der Waals surface area contributed by atoms with E-state index in [4.69, 9.17) is 14.9 Å². The maximum atomic E-state index is 8.68. The molecule has 0 radical (unpaired) electrons. The fourth-order valence-electron chi connectivity index (χ4n) is 1.16. The van der Waals surface area contributed by atoms with Crippen molar-refractivity contribution in [2.24, 2.45) is 0 Å². The summed E-state index contributed by atoms with van der Waals surface area (Å²) < 4.78 is 6.22. The molecule has 0 N–H and O–H groups in total. The van der Waals surface area contributed by atoms with E-state index in [9.17, 15) is 0 Å². The van der Waals surface area contributed by atoms with E-state index in [1.165, 1.54) is 17.8 Å². The van der Waals surface area contributed by atoms with Crippen LogP contribution < -0.4 is 0 Å². The molecule has 0 amide bonds. The average Bonchev–Trinajstić information content (AvgIpc) is 2.77. The van der Waals surface area contributed by atoms with Crippen LogP contribution in [-0.4, -0.2) is 9.97 Å². The minimum atomic E-state index is -0.0197. The van der Waals surface area contributed by atoms with Gasteiger partial charge in [-0.3, -0.25) is 0 Å². The van der Waals surface area contributed by atoms with E-state index in [1.54, 1.807) is 36.7 Å². The normalized spacial score (nSPS) is 9.42. The summed E-state index contributed by atoms with van der Waals surface area (Å²) in [7, 11) is 0. The summed E-state index contributed by atoms with van der Waals surface area (Å²) in [5.74, 6) is 0.420. The number of hydrogen-bond acceptors (Lipinski definition) is 6. The predicted molar refractivity (Wildman–Crippen MR) is 71.8 cm³/mol. The average molecular weight is 333 g/mol. The molecule has 0 aliphatic carbocycles. The Hall–Kier alpha value is -2.09. The highest BCUT2D eigenvalue weighted by Crippen LogP contribution is 2.34. The summed E-state index contributed by atoms with van der Waals surface area (Å²) in [6, 6.07) is 6.95. The van der Waals surface area contributed by atoms with Crippen LogP contribution >= 0.6 is 27.7 Å². The zero-order valence-corrected chi connectivity index (χ0v) is 11.8. The third-order valence-electron chi connectivity index (χ3n) is 1.93. The van der Waals surface area contributed by atoms with Crippen LogP contribution in [0.5, 0.6) is 0 Å². The van der Waals surface area contributed by atoms with Crippen molar-refractivity contribution in [3.8, 4) is 12.1 Å². The fraction of sp³-hybridized carbons (Fsp3) is 0. The Balaban J connectivity index is 2.26. The van der Waals surface area contributed by atoms with Crippen molar-refractivity contribution in [1.82, 2.24) is 9.97 Å². The van der Waals surface area contributed by atoms with Gasteiger partial charge in [-0.2, -0.15) is 10.5 Å². The first-order valence-electron chi connectivity index (χ1n) is 4.99. The molecule has 92 valence electrons. The molecule has 2 aromatic rings. The van der Waals surface area contributed by atoms with Crippen LogP contribution in [0, 0.1) is 22.7 Å². The third kappa shape index (κ3) is 3.44. The summed E-state index contributed by atoms with van der Waals surface area (Å²) >= 11 is 4.59. The molecule has 0 spiro atoms. The first kappa shape index (κ1) is 13.3. The molecule has 0 bridgehead atoms. The SMILES string of the molecule is N#CC(C#N)=Cc1cc(Br)c(Sc2ncccn2)o1. The molecule has 0 aromatic carbocycles. The Labute approximate surface area is 121 Å². The second-order valence-electron chi connectivity index (χ2n) is 3.20. The number of aromatic nitrogens is 2. The van der Waals surface area contributed by atoms with Gasteiger partial charge in [0.05, 0.1) is 4.47 Å². The van der Waals surface area contributed by atoms with Crippen LogP contribution in [0.1, 0.15) is 5.76 Å². The molecule has 0 atom stereocenters. The Morgan fingerprint density at radius 2 is 2.00 bits per heavy atom. The molecule has 19 heavy (non-hydrogen) atoms. The molecular formula is C12H5BrN4OS. The zero-order chi connectivity index (χ0) is 13.7. The molecular weight excluding hydrogens is 328 g/mol. The van der Waals surface area contributed by atoms with Gasteiger partial charge >= 0.3 is 0 Å². The molecule has 5 nitrogen and oxygen atoms in total. The number of hydrogen-bond donors (Lipinski definition) is 0. The maximum Gasteiger partial charge on any atom is 0.195 e. The van der Waals surface area contributed by atoms with Crippen LogP contribution in [-0.2, 0) is 0 Å². The monoisotopic (exact) mass is 332 g/mol. The van der Waals surface area contributed by atoms with Gasteiger partial charge < -0.3 is 4.42 Å². The molecule has 0 aliphatic rings. The van der Waals surface area contributed by atoms with Crippen LogP contribution in [0.4, 0.5) is 0 Å². The summed E-state index contributed by atoms with van der Waals surface area (Å²) in [5, 5.41) is 18.5. The van der Waals surface area contributed by atoms with Gasteiger partial charge in [-0.25, -0.2) is 9.97 Å². The van der Waals surface area contributed by atoms with E-state index >= 15 is 0 Å². The lowest BCUT2D eigenvalue weighted by atomic mass is 10.3. The van der Waals surface area contributed by atoms with Crippen molar-refractivity contribution in [3.63, 3.8) is 0 Å². The number of nitriles is 2. The molecule has 2 rings (SSSR count). The lowest BCUT2D eigenvalue weighted by Crippen LogP contribution is -1.81. The molecule has 0 fully saturated rings. The third-order valence-corrected chi connectivity index (χ3v) is 3.66. The van der Waals surface area contributed by atoms with Gasteiger partial charge in [-0.1, -0.05) is 0 Å². The van der Waals surface area contributed by atoms with Gasteiger partial charge in [0.1, 0.15) is 23.5 Å². The van der Waals surface area contributed by atoms with Crippen LogP contribution in [0.15, 0.2) is 49.2 Å². The number of furan rings is 1. The van der Waals surface area contributed by atoms with Gasteiger partial charge in [0, 0.05) is 18.5 Å². The maximum absolute atomic E-state index is 8.68. The molecule has 7 heteroatoms. The molecule has 2 aromatic heterocycles. The smallest absolute Gasteiger partial charge is 0.195 e. The van der Waals surface area contributed by atoms with E-state index in [-0.39, 0.29) is 5.57 Å². The lowest BCUT2D eigenvalue weighted by Gasteiger charge is -1.95. The van der Waals surface area contributed by atoms with Crippen molar-refractivity contribution in [3.05, 3.63) is 40.3 Å². The largest absolute Gasteiger partial charge is 0.449 e. The summed E-state index contributed by atoms with van der Waals surface area (Å²) in [4.78, 5) is 8.14. The number of halogens is 1. The lowest BCUT2D eigenvalue weighted by molar-refractivity contribution is 0.463. The van der Waals surface area contributed by atoms with Crippen LogP contribution in [0.25, 0.3) is 6.08 Å². The Morgan fingerprint density at radius 1 is 1.32 bits per heavy atom. The van der Waals surface area contributed by atoms with E-state index in [0.29, 0.717) is 20.5 Å². The Morgan fingerprint density at radius 3 is 2.63 bits per heavy atom. The fourth-order valence-corrected chi connectivity index (χ4v) is 2.40. The molecule has 0 unspecified atom stereocenters. The van der Waals surface area contributed by atoms with Crippen LogP contribution in [0.3, 0.4) is 0 Å². The van der Waals surface area contributed by atoms with Gasteiger partial charge in [0.2, 0.25) is 0 Å². The quantitative estimate of drug-likeness (QED) is 0.632. The molecule has 2 heterocycles. The highest BCUT2D eigenvalue weighted by atomic mass is 79.9. The predicted octanol–water partition coefficient (Wildman–Crippen LogP) is 3.41. The molecule has 0 aliphatic heterocycles. The molecule has 0 saturated heterocycles. The van der Waals surface area contributed by atoms with Gasteiger partial charge in [0.15, 0.2) is 10.2 Å². The first-order valence-corrected chi connectivity index (χ1v) is 6.60. The van der Waals surface area contributed by atoms with Crippen molar-refractivity contribution in [2.45, 2.75) is 10.2 Å². The Bertz CT molecular complexity index is 681. The van der Waals surface area contributed by atoms with E-state index in [0.717, 1.165) is 0 Å². The topological polar surface area (TPSA) is 86.5 Å².